The van der Waals surface area contributed by atoms with E-state index in [-0.39, 0.29) is 31.0 Å². The van der Waals surface area contributed by atoms with Crippen molar-refractivity contribution < 1.29 is 19.4 Å². The van der Waals surface area contributed by atoms with Crippen LogP contribution in [0.1, 0.15) is 22.7 Å². The van der Waals surface area contributed by atoms with E-state index in [0.717, 1.165) is 10.4 Å². The van der Waals surface area contributed by atoms with Gasteiger partial charge < -0.3 is 19.7 Å². The number of carboxylic acids is 1. The van der Waals surface area contributed by atoms with Gasteiger partial charge in [0.05, 0.1) is 18.5 Å². The van der Waals surface area contributed by atoms with Gasteiger partial charge >= 0.3 is 5.97 Å². The second-order valence-electron chi connectivity index (χ2n) is 6.01. The highest BCUT2D eigenvalue weighted by atomic mass is 32.1. The van der Waals surface area contributed by atoms with Gasteiger partial charge in [-0.3, -0.25) is 9.59 Å². The molecule has 2 N–H and O–H groups in total. The third-order valence-electron chi connectivity index (χ3n) is 4.36. The van der Waals surface area contributed by atoms with Crippen LogP contribution in [0.2, 0.25) is 0 Å². The molecule has 0 saturated carbocycles. The highest BCUT2D eigenvalue weighted by molar-refractivity contribution is 7.18. The third-order valence-corrected chi connectivity index (χ3v) is 5.46. The van der Waals surface area contributed by atoms with Crippen molar-refractivity contribution in [3.05, 3.63) is 26.6 Å². The van der Waals surface area contributed by atoms with Crippen LogP contribution in [0.4, 0.5) is 0 Å². The van der Waals surface area contributed by atoms with Crippen molar-refractivity contribution in [1.82, 2.24) is 14.9 Å². The first-order valence-corrected chi connectivity index (χ1v) is 8.79. The number of aromatic amines is 1. The zero-order valence-electron chi connectivity index (χ0n) is 14.0. The Balaban J connectivity index is 1.69. The smallest absolute Gasteiger partial charge is 0.334 e. The predicted molar refractivity (Wildman–Crippen MR) is 92.0 cm³/mol. The van der Waals surface area contributed by atoms with Gasteiger partial charge in [-0.05, 0) is 19.4 Å². The van der Waals surface area contributed by atoms with Crippen LogP contribution in [0, 0.1) is 13.8 Å². The molecular formula is C16H19N3O5S. The number of fused-ring (bicyclic) bond motifs is 1. The average molecular weight is 365 g/mol. The minimum Gasteiger partial charge on any atom is -0.479 e. The van der Waals surface area contributed by atoms with E-state index in [1.807, 2.05) is 13.8 Å². The number of hydrogen-bond acceptors (Lipinski definition) is 6. The number of nitrogens with zero attached hydrogens (tertiary/aromatic N) is 2. The number of aliphatic carboxylic acids is 1. The number of ether oxygens (including phenoxy) is 1. The molecule has 3 rings (SSSR count). The fourth-order valence-corrected chi connectivity index (χ4v) is 3.88. The van der Waals surface area contributed by atoms with E-state index in [4.69, 9.17) is 9.84 Å². The standard InChI is InChI=1S/C16H19N3O5S/c1-8-9(2)25-15-13(8)14(21)17-11(18-15)3-4-12(20)19-5-6-24-10(7-19)16(22)23/h10H,3-7H2,1-2H3,(H,22,23)(H,17,18,21). The van der Waals surface area contributed by atoms with Crippen molar-refractivity contribution in [3.8, 4) is 0 Å². The summed E-state index contributed by atoms with van der Waals surface area (Å²) in [5.41, 5.74) is 0.746. The first-order chi connectivity index (χ1) is 11.9. The molecule has 1 fully saturated rings. The van der Waals surface area contributed by atoms with E-state index < -0.39 is 12.1 Å². The number of H-pyrrole nitrogens is 1. The molecule has 1 aliphatic rings. The largest absolute Gasteiger partial charge is 0.479 e. The number of amides is 1. The molecule has 0 aliphatic carbocycles. The van der Waals surface area contributed by atoms with E-state index in [1.165, 1.54) is 16.2 Å². The topological polar surface area (TPSA) is 113 Å². The van der Waals surface area contributed by atoms with E-state index in [9.17, 15) is 14.4 Å². The summed E-state index contributed by atoms with van der Waals surface area (Å²) in [6.45, 7) is 4.46. The van der Waals surface area contributed by atoms with Gasteiger partial charge in [-0.25, -0.2) is 9.78 Å². The van der Waals surface area contributed by atoms with Gasteiger partial charge in [-0.1, -0.05) is 0 Å². The number of nitrogens with one attached hydrogen (secondary N) is 1. The molecule has 1 amide bonds. The first kappa shape index (κ1) is 17.6. The average Bonchev–Trinajstić information content (AvgIpc) is 2.87. The van der Waals surface area contributed by atoms with E-state index in [1.54, 1.807) is 0 Å². The number of thiophene rings is 1. The zero-order valence-corrected chi connectivity index (χ0v) is 14.8. The van der Waals surface area contributed by atoms with Crippen LogP contribution < -0.4 is 5.56 Å². The lowest BCUT2D eigenvalue weighted by molar-refractivity contribution is -0.159. The van der Waals surface area contributed by atoms with Gasteiger partial charge in [0.15, 0.2) is 6.10 Å². The van der Waals surface area contributed by atoms with Crippen molar-refractivity contribution in [2.24, 2.45) is 0 Å². The summed E-state index contributed by atoms with van der Waals surface area (Å²) in [7, 11) is 0. The zero-order chi connectivity index (χ0) is 18.1. The Morgan fingerprint density at radius 3 is 2.92 bits per heavy atom. The lowest BCUT2D eigenvalue weighted by Gasteiger charge is -2.30. The molecule has 1 atom stereocenters. The van der Waals surface area contributed by atoms with Crippen molar-refractivity contribution in [2.45, 2.75) is 32.8 Å². The highest BCUT2D eigenvalue weighted by Crippen LogP contribution is 2.25. The summed E-state index contributed by atoms with van der Waals surface area (Å²) >= 11 is 1.46. The van der Waals surface area contributed by atoms with Gasteiger partial charge in [-0.15, -0.1) is 11.3 Å². The molecule has 134 valence electrons. The van der Waals surface area contributed by atoms with Crippen molar-refractivity contribution >= 4 is 33.4 Å². The lowest BCUT2D eigenvalue weighted by Crippen LogP contribution is -2.48. The Morgan fingerprint density at radius 2 is 2.20 bits per heavy atom. The Kier molecular flexibility index (Phi) is 4.87. The minimum atomic E-state index is -1.07. The Bertz CT molecular complexity index is 888. The van der Waals surface area contributed by atoms with Crippen LogP contribution in [-0.2, 0) is 20.7 Å². The van der Waals surface area contributed by atoms with Crippen LogP contribution in [-0.4, -0.2) is 57.7 Å². The Morgan fingerprint density at radius 1 is 1.44 bits per heavy atom. The number of carbonyl (C=O) groups is 2. The number of hydrogen-bond donors (Lipinski definition) is 2. The summed E-state index contributed by atoms with van der Waals surface area (Å²) in [6.07, 6.45) is -0.525. The quantitative estimate of drug-likeness (QED) is 0.830. The molecule has 0 aromatic carbocycles. The lowest BCUT2D eigenvalue weighted by atomic mass is 10.2. The number of carbonyl (C=O) groups excluding carboxylic acids is 1. The number of aromatic nitrogens is 2. The minimum absolute atomic E-state index is 0.0421. The van der Waals surface area contributed by atoms with Crippen LogP contribution in [0.15, 0.2) is 4.79 Å². The Hall–Kier alpha value is -2.26. The van der Waals surface area contributed by atoms with Crippen LogP contribution >= 0.6 is 11.3 Å². The maximum Gasteiger partial charge on any atom is 0.334 e. The second kappa shape index (κ2) is 6.93. The molecule has 2 aromatic rings. The highest BCUT2D eigenvalue weighted by Gasteiger charge is 2.28. The van der Waals surface area contributed by atoms with E-state index >= 15 is 0 Å². The van der Waals surface area contributed by atoms with Gasteiger partial charge in [0.2, 0.25) is 5.91 Å². The monoisotopic (exact) mass is 365 g/mol. The molecule has 25 heavy (non-hydrogen) atoms. The molecule has 0 bridgehead atoms. The molecule has 1 unspecified atom stereocenters. The maximum absolute atomic E-state index is 12.3. The Labute approximate surface area is 147 Å². The number of aryl methyl sites for hydroxylation is 3. The van der Waals surface area contributed by atoms with Crippen molar-refractivity contribution in [2.75, 3.05) is 19.7 Å². The van der Waals surface area contributed by atoms with Crippen molar-refractivity contribution in [1.29, 1.82) is 0 Å². The molecule has 2 aromatic heterocycles. The first-order valence-electron chi connectivity index (χ1n) is 7.98. The fourth-order valence-electron chi connectivity index (χ4n) is 2.83. The van der Waals surface area contributed by atoms with E-state index in [0.29, 0.717) is 29.0 Å². The normalized spacial score (nSPS) is 17.8. The molecule has 0 spiro atoms. The molecule has 3 heterocycles. The molecule has 1 saturated heterocycles. The third kappa shape index (κ3) is 3.57. The van der Waals surface area contributed by atoms with Crippen LogP contribution in [0.25, 0.3) is 10.2 Å². The van der Waals surface area contributed by atoms with Gasteiger partial charge in [-0.2, -0.15) is 0 Å². The number of rotatable bonds is 4. The summed E-state index contributed by atoms with van der Waals surface area (Å²) in [5.74, 6) is -0.775. The van der Waals surface area contributed by atoms with Gasteiger partial charge in [0.1, 0.15) is 10.7 Å². The number of carboxylic acid groups (broad SMARTS) is 1. The van der Waals surface area contributed by atoms with Crippen LogP contribution in [0.3, 0.4) is 0 Å². The van der Waals surface area contributed by atoms with Crippen molar-refractivity contribution in [3.63, 3.8) is 0 Å². The summed E-state index contributed by atoms with van der Waals surface area (Å²) in [4.78, 5) is 45.9. The summed E-state index contributed by atoms with van der Waals surface area (Å²) < 4.78 is 5.11. The van der Waals surface area contributed by atoms with Gasteiger partial charge in [0, 0.05) is 24.3 Å². The molecule has 1 aliphatic heterocycles. The predicted octanol–water partition coefficient (Wildman–Crippen LogP) is 0.846. The maximum atomic E-state index is 12.3. The number of morpholine rings is 1. The summed E-state index contributed by atoms with van der Waals surface area (Å²) in [5, 5.41) is 9.60. The molecule has 8 nitrogen and oxygen atoms in total. The SMILES string of the molecule is Cc1sc2nc(CCC(=O)N3CCOC(C(=O)O)C3)[nH]c(=O)c2c1C. The van der Waals surface area contributed by atoms with Gasteiger partial charge in [0.25, 0.3) is 5.56 Å². The molecule has 0 radical (unpaired) electrons. The summed E-state index contributed by atoms with van der Waals surface area (Å²) in [6, 6.07) is 0. The van der Waals surface area contributed by atoms with Crippen LogP contribution in [0.5, 0.6) is 0 Å². The molecule has 9 heteroatoms. The fraction of sp³-hybridized carbons (Fsp3) is 0.500. The second-order valence-corrected chi connectivity index (χ2v) is 7.22. The molecular weight excluding hydrogens is 346 g/mol. The van der Waals surface area contributed by atoms with E-state index in [2.05, 4.69) is 9.97 Å².